The molecule has 0 bridgehead atoms. The van der Waals surface area contributed by atoms with Crippen molar-refractivity contribution in [3.8, 4) is 5.75 Å². The van der Waals surface area contributed by atoms with Crippen molar-refractivity contribution < 1.29 is 9.53 Å². The van der Waals surface area contributed by atoms with E-state index in [0.717, 1.165) is 16.6 Å². The standard InChI is InChI=1S/C20H18N2O2/c1-2-24-19-10-6-5-9-18(19)22-20(23)14-13-16-12-11-15-7-3-4-8-17(15)21-16/h3-14H,2H2,1H3,(H,22,23). The van der Waals surface area contributed by atoms with Gasteiger partial charge in [-0.2, -0.15) is 0 Å². The van der Waals surface area contributed by atoms with Gasteiger partial charge in [-0.1, -0.05) is 36.4 Å². The number of para-hydroxylation sites is 3. The van der Waals surface area contributed by atoms with Crippen molar-refractivity contribution in [2.75, 3.05) is 11.9 Å². The molecule has 0 saturated carbocycles. The summed E-state index contributed by atoms with van der Waals surface area (Å²) >= 11 is 0. The molecule has 4 heteroatoms. The maximum atomic E-state index is 12.1. The van der Waals surface area contributed by atoms with Crippen LogP contribution in [0.15, 0.2) is 66.7 Å². The third kappa shape index (κ3) is 3.79. The molecule has 0 fully saturated rings. The Kier molecular flexibility index (Phi) is 4.87. The first-order valence-electron chi connectivity index (χ1n) is 7.83. The minimum absolute atomic E-state index is 0.225. The van der Waals surface area contributed by atoms with Gasteiger partial charge in [-0.15, -0.1) is 0 Å². The number of carbonyl (C=O) groups is 1. The molecule has 0 aliphatic rings. The fraction of sp³-hybridized carbons (Fsp3) is 0.100. The van der Waals surface area contributed by atoms with Gasteiger partial charge >= 0.3 is 0 Å². The molecule has 3 aromatic rings. The summed E-state index contributed by atoms with van der Waals surface area (Å²) in [7, 11) is 0. The number of hydrogen-bond donors (Lipinski definition) is 1. The van der Waals surface area contributed by atoms with E-state index in [2.05, 4.69) is 10.3 Å². The Morgan fingerprint density at radius 3 is 2.75 bits per heavy atom. The number of carbonyl (C=O) groups excluding carboxylic acids is 1. The van der Waals surface area contributed by atoms with Crippen molar-refractivity contribution in [1.82, 2.24) is 4.98 Å². The van der Waals surface area contributed by atoms with E-state index in [1.165, 1.54) is 6.08 Å². The average Bonchev–Trinajstić information content (AvgIpc) is 2.62. The highest BCUT2D eigenvalue weighted by Gasteiger charge is 2.04. The highest BCUT2D eigenvalue weighted by Crippen LogP contribution is 2.23. The van der Waals surface area contributed by atoms with Gasteiger partial charge in [0.1, 0.15) is 5.75 Å². The molecule has 24 heavy (non-hydrogen) atoms. The number of pyridine rings is 1. The zero-order chi connectivity index (χ0) is 16.8. The number of ether oxygens (including phenoxy) is 1. The van der Waals surface area contributed by atoms with Gasteiger partial charge in [-0.05, 0) is 37.3 Å². The summed E-state index contributed by atoms with van der Waals surface area (Å²) in [5.74, 6) is 0.433. The van der Waals surface area contributed by atoms with Crippen molar-refractivity contribution in [3.63, 3.8) is 0 Å². The van der Waals surface area contributed by atoms with Crippen molar-refractivity contribution >= 4 is 28.6 Å². The van der Waals surface area contributed by atoms with Crippen molar-refractivity contribution in [1.29, 1.82) is 0 Å². The smallest absolute Gasteiger partial charge is 0.248 e. The molecule has 0 aliphatic heterocycles. The van der Waals surface area contributed by atoms with Crippen molar-refractivity contribution in [2.45, 2.75) is 6.92 Å². The number of aromatic nitrogens is 1. The summed E-state index contributed by atoms with van der Waals surface area (Å²) in [6.45, 7) is 2.45. The Morgan fingerprint density at radius 2 is 1.88 bits per heavy atom. The largest absolute Gasteiger partial charge is 0.492 e. The summed E-state index contributed by atoms with van der Waals surface area (Å²) in [4.78, 5) is 16.6. The second kappa shape index (κ2) is 7.42. The summed E-state index contributed by atoms with van der Waals surface area (Å²) in [6, 6.07) is 19.1. The van der Waals surface area contributed by atoms with Crippen LogP contribution in [-0.4, -0.2) is 17.5 Å². The lowest BCUT2D eigenvalue weighted by atomic mass is 10.2. The molecule has 1 N–H and O–H groups in total. The predicted molar refractivity (Wildman–Crippen MR) is 97.0 cm³/mol. The predicted octanol–water partition coefficient (Wildman–Crippen LogP) is 4.29. The number of nitrogens with zero attached hydrogens (tertiary/aromatic N) is 1. The fourth-order valence-electron chi connectivity index (χ4n) is 2.36. The van der Waals surface area contributed by atoms with Gasteiger partial charge in [0.15, 0.2) is 0 Å². The average molecular weight is 318 g/mol. The molecule has 2 aromatic carbocycles. The van der Waals surface area contributed by atoms with Crippen LogP contribution in [0.2, 0.25) is 0 Å². The molecular formula is C20H18N2O2. The minimum atomic E-state index is -0.225. The Morgan fingerprint density at radius 1 is 1.08 bits per heavy atom. The number of amides is 1. The second-order valence-corrected chi connectivity index (χ2v) is 5.18. The van der Waals surface area contributed by atoms with Gasteiger partial charge in [0.05, 0.1) is 23.5 Å². The molecule has 120 valence electrons. The molecule has 0 saturated heterocycles. The van der Waals surface area contributed by atoms with Crippen LogP contribution < -0.4 is 10.1 Å². The SMILES string of the molecule is CCOc1ccccc1NC(=O)C=Cc1ccc2ccccc2n1. The third-order valence-corrected chi connectivity index (χ3v) is 3.47. The van der Waals surface area contributed by atoms with Gasteiger partial charge in [0.2, 0.25) is 5.91 Å². The first-order chi connectivity index (χ1) is 11.8. The highest BCUT2D eigenvalue weighted by molar-refractivity contribution is 6.02. The topological polar surface area (TPSA) is 51.2 Å². The Balaban J connectivity index is 1.73. The first-order valence-corrected chi connectivity index (χ1v) is 7.83. The van der Waals surface area contributed by atoms with Crippen LogP contribution in [-0.2, 0) is 4.79 Å². The van der Waals surface area contributed by atoms with Crippen LogP contribution in [0.25, 0.3) is 17.0 Å². The molecule has 0 unspecified atom stereocenters. The summed E-state index contributed by atoms with van der Waals surface area (Å²) in [5.41, 5.74) is 2.30. The van der Waals surface area contributed by atoms with E-state index in [9.17, 15) is 4.79 Å². The summed E-state index contributed by atoms with van der Waals surface area (Å²) in [5, 5.41) is 3.90. The number of benzene rings is 2. The Hall–Kier alpha value is -3.14. The zero-order valence-corrected chi connectivity index (χ0v) is 13.4. The van der Waals surface area contributed by atoms with Crippen LogP contribution in [0.4, 0.5) is 5.69 Å². The third-order valence-electron chi connectivity index (χ3n) is 3.47. The van der Waals surface area contributed by atoms with E-state index in [4.69, 9.17) is 4.74 Å². The normalized spacial score (nSPS) is 10.9. The van der Waals surface area contributed by atoms with E-state index in [1.54, 1.807) is 6.08 Å². The van der Waals surface area contributed by atoms with Crippen molar-refractivity contribution in [2.24, 2.45) is 0 Å². The molecule has 1 heterocycles. The highest BCUT2D eigenvalue weighted by atomic mass is 16.5. The number of nitrogens with one attached hydrogen (secondary N) is 1. The summed E-state index contributed by atoms with van der Waals surface area (Å²) < 4.78 is 5.50. The number of fused-ring (bicyclic) bond motifs is 1. The number of rotatable bonds is 5. The maximum absolute atomic E-state index is 12.1. The van der Waals surface area contributed by atoms with E-state index in [1.807, 2.05) is 67.6 Å². The number of hydrogen-bond acceptors (Lipinski definition) is 3. The Bertz CT molecular complexity index is 887. The van der Waals surface area contributed by atoms with E-state index in [-0.39, 0.29) is 5.91 Å². The van der Waals surface area contributed by atoms with Gasteiger partial charge in [0, 0.05) is 11.5 Å². The van der Waals surface area contributed by atoms with E-state index < -0.39 is 0 Å². The molecule has 4 nitrogen and oxygen atoms in total. The molecule has 1 aromatic heterocycles. The minimum Gasteiger partial charge on any atom is -0.492 e. The van der Waals surface area contributed by atoms with Gasteiger partial charge in [-0.3, -0.25) is 4.79 Å². The van der Waals surface area contributed by atoms with Gasteiger partial charge in [-0.25, -0.2) is 4.98 Å². The van der Waals surface area contributed by atoms with E-state index in [0.29, 0.717) is 18.0 Å². The second-order valence-electron chi connectivity index (χ2n) is 5.18. The maximum Gasteiger partial charge on any atom is 0.248 e. The molecular weight excluding hydrogens is 300 g/mol. The van der Waals surface area contributed by atoms with Crippen LogP contribution >= 0.6 is 0 Å². The quantitative estimate of drug-likeness (QED) is 0.714. The van der Waals surface area contributed by atoms with Crippen molar-refractivity contribution in [3.05, 3.63) is 72.4 Å². The van der Waals surface area contributed by atoms with Crippen LogP contribution in [0.5, 0.6) is 5.75 Å². The monoisotopic (exact) mass is 318 g/mol. The van der Waals surface area contributed by atoms with Crippen LogP contribution in [0.1, 0.15) is 12.6 Å². The van der Waals surface area contributed by atoms with Crippen LogP contribution in [0.3, 0.4) is 0 Å². The Labute approximate surface area is 140 Å². The van der Waals surface area contributed by atoms with Gasteiger partial charge in [0.25, 0.3) is 0 Å². The molecule has 3 rings (SSSR count). The lowest BCUT2D eigenvalue weighted by Gasteiger charge is -2.09. The van der Waals surface area contributed by atoms with E-state index >= 15 is 0 Å². The van der Waals surface area contributed by atoms with Crippen LogP contribution in [0, 0.1) is 0 Å². The lowest BCUT2D eigenvalue weighted by Crippen LogP contribution is -2.09. The molecule has 0 radical (unpaired) electrons. The summed E-state index contributed by atoms with van der Waals surface area (Å²) in [6.07, 6.45) is 3.17. The first kappa shape index (κ1) is 15.7. The molecule has 0 atom stereocenters. The molecule has 0 aliphatic carbocycles. The molecule has 1 amide bonds. The van der Waals surface area contributed by atoms with Gasteiger partial charge < -0.3 is 10.1 Å². The molecule has 0 spiro atoms. The lowest BCUT2D eigenvalue weighted by molar-refractivity contribution is -0.111. The number of anilines is 1. The zero-order valence-electron chi connectivity index (χ0n) is 13.4. The fourth-order valence-corrected chi connectivity index (χ4v) is 2.36.